The molecule has 1 saturated heterocycles. The summed E-state index contributed by atoms with van der Waals surface area (Å²) >= 11 is 11.8. The third-order valence-corrected chi connectivity index (χ3v) is 6.70. The first-order valence-corrected chi connectivity index (χ1v) is 10.9. The van der Waals surface area contributed by atoms with Crippen LogP contribution < -0.4 is 4.74 Å². The molecule has 0 N–H and O–H groups in total. The molecule has 0 bridgehead atoms. The maximum absolute atomic E-state index is 12.5. The molecule has 0 aromatic heterocycles. The topological polar surface area (TPSA) is 72.9 Å². The Morgan fingerprint density at radius 1 is 1.00 bits per heavy atom. The quantitative estimate of drug-likeness (QED) is 0.477. The number of rotatable bonds is 7. The van der Waals surface area contributed by atoms with Crippen LogP contribution in [0, 0.1) is 0 Å². The minimum atomic E-state index is -3.50. The second-order valence-electron chi connectivity index (χ2n) is 6.19. The molecule has 0 spiro atoms. The van der Waals surface area contributed by atoms with E-state index in [0.29, 0.717) is 28.9 Å². The maximum atomic E-state index is 12.5. The van der Waals surface area contributed by atoms with Gasteiger partial charge in [-0.2, -0.15) is 4.31 Å². The third kappa shape index (κ3) is 4.97. The van der Waals surface area contributed by atoms with E-state index in [1.807, 2.05) is 0 Å². The van der Waals surface area contributed by atoms with Crippen LogP contribution in [-0.2, 0) is 14.8 Å². The third-order valence-electron chi connectivity index (χ3n) is 4.26. The first-order valence-electron chi connectivity index (χ1n) is 8.73. The van der Waals surface area contributed by atoms with Crippen LogP contribution in [0.15, 0.2) is 47.4 Å². The lowest BCUT2D eigenvalue weighted by Crippen LogP contribution is -2.27. The number of hydrogen-bond donors (Lipinski definition) is 0. The number of sulfonamides is 1. The molecule has 0 unspecified atom stereocenters. The number of halogens is 2. The molecule has 0 atom stereocenters. The summed E-state index contributed by atoms with van der Waals surface area (Å²) in [7, 11) is -3.50. The Bertz CT molecular complexity index is 941. The van der Waals surface area contributed by atoms with Crippen LogP contribution in [0.4, 0.5) is 0 Å². The summed E-state index contributed by atoms with van der Waals surface area (Å²) in [5, 5.41) is 0.868. The van der Waals surface area contributed by atoms with E-state index < -0.39 is 16.0 Å². The van der Waals surface area contributed by atoms with Crippen molar-refractivity contribution >= 4 is 39.2 Å². The first kappa shape index (κ1) is 20.9. The van der Waals surface area contributed by atoms with E-state index in [0.717, 1.165) is 12.8 Å². The average Bonchev–Trinajstić information content (AvgIpc) is 3.22. The smallest absolute Gasteiger partial charge is 0.338 e. The fourth-order valence-corrected chi connectivity index (χ4v) is 4.78. The van der Waals surface area contributed by atoms with Crippen molar-refractivity contribution in [1.29, 1.82) is 0 Å². The lowest BCUT2D eigenvalue weighted by atomic mass is 10.2. The summed E-state index contributed by atoms with van der Waals surface area (Å²) in [5.74, 6) is -0.116. The summed E-state index contributed by atoms with van der Waals surface area (Å²) in [6, 6.07) is 10.6. The molecule has 2 aromatic rings. The Labute approximate surface area is 174 Å². The lowest BCUT2D eigenvalue weighted by Gasteiger charge is -2.15. The number of carbonyl (C=O) groups is 1. The second kappa shape index (κ2) is 9.13. The summed E-state index contributed by atoms with van der Waals surface area (Å²) in [6.45, 7) is 1.20. The zero-order valence-corrected chi connectivity index (χ0v) is 17.3. The van der Waals surface area contributed by atoms with Crippen LogP contribution in [0.3, 0.4) is 0 Å². The van der Waals surface area contributed by atoms with E-state index in [1.54, 1.807) is 18.2 Å². The number of hydrogen-bond acceptors (Lipinski definition) is 5. The van der Waals surface area contributed by atoms with Gasteiger partial charge in [-0.3, -0.25) is 0 Å². The number of carbonyl (C=O) groups excluding carboxylic acids is 1. The Hall–Kier alpha value is -1.80. The van der Waals surface area contributed by atoms with Crippen LogP contribution in [0.25, 0.3) is 0 Å². The number of esters is 1. The monoisotopic (exact) mass is 443 g/mol. The summed E-state index contributed by atoms with van der Waals surface area (Å²) in [4.78, 5) is 12.3. The maximum Gasteiger partial charge on any atom is 0.338 e. The van der Waals surface area contributed by atoms with Crippen molar-refractivity contribution in [1.82, 2.24) is 4.31 Å². The molecule has 0 amide bonds. The molecule has 1 heterocycles. The first-order chi connectivity index (χ1) is 13.4. The normalized spacial score (nSPS) is 14.8. The summed E-state index contributed by atoms with van der Waals surface area (Å²) in [5.41, 5.74) is 0.268. The van der Waals surface area contributed by atoms with Gasteiger partial charge in [0.1, 0.15) is 19.0 Å². The zero-order chi connectivity index (χ0) is 20.1. The molecule has 28 heavy (non-hydrogen) atoms. The van der Waals surface area contributed by atoms with Gasteiger partial charge in [-0.05, 0) is 55.3 Å². The highest BCUT2D eigenvalue weighted by atomic mass is 35.5. The zero-order valence-electron chi connectivity index (χ0n) is 14.9. The van der Waals surface area contributed by atoms with E-state index in [4.69, 9.17) is 32.7 Å². The Morgan fingerprint density at radius 2 is 1.68 bits per heavy atom. The number of ether oxygens (including phenoxy) is 2. The Kier molecular flexibility index (Phi) is 6.82. The molecule has 9 heteroatoms. The van der Waals surface area contributed by atoms with Crippen LogP contribution in [0.2, 0.25) is 10.0 Å². The predicted molar refractivity (Wildman–Crippen MR) is 107 cm³/mol. The second-order valence-corrected chi connectivity index (χ2v) is 8.98. The molecule has 1 fully saturated rings. The van der Waals surface area contributed by atoms with Crippen molar-refractivity contribution in [2.24, 2.45) is 0 Å². The highest BCUT2D eigenvalue weighted by Gasteiger charge is 2.27. The molecule has 150 valence electrons. The molecule has 0 radical (unpaired) electrons. The number of benzene rings is 2. The summed E-state index contributed by atoms with van der Waals surface area (Å²) in [6.07, 6.45) is 1.74. The Morgan fingerprint density at radius 3 is 2.32 bits per heavy atom. The van der Waals surface area contributed by atoms with Crippen LogP contribution in [-0.4, -0.2) is 45.0 Å². The average molecular weight is 444 g/mol. The van der Waals surface area contributed by atoms with Gasteiger partial charge < -0.3 is 9.47 Å². The van der Waals surface area contributed by atoms with Crippen LogP contribution in [0.1, 0.15) is 23.2 Å². The molecule has 0 aliphatic carbocycles. The van der Waals surface area contributed by atoms with Gasteiger partial charge in [-0.15, -0.1) is 0 Å². The van der Waals surface area contributed by atoms with Gasteiger partial charge >= 0.3 is 5.97 Å². The summed E-state index contributed by atoms with van der Waals surface area (Å²) < 4.78 is 37.0. The molecular formula is C19H19Cl2NO5S. The van der Waals surface area contributed by atoms with Crippen molar-refractivity contribution < 1.29 is 22.7 Å². The van der Waals surface area contributed by atoms with E-state index >= 15 is 0 Å². The van der Waals surface area contributed by atoms with Gasteiger partial charge in [0.25, 0.3) is 0 Å². The van der Waals surface area contributed by atoms with Gasteiger partial charge in [0.15, 0.2) is 0 Å². The lowest BCUT2D eigenvalue weighted by molar-refractivity contribution is 0.0450. The van der Waals surface area contributed by atoms with Gasteiger partial charge in [-0.1, -0.05) is 23.2 Å². The van der Waals surface area contributed by atoms with Gasteiger partial charge in [-0.25, -0.2) is 13.2 Å². The van der Waals surface area contributed by atoms with E-state index in [-0.39, 0.29) is 23.7 Å². The van der Waals surface area contributed by atoms with Gasteiger partial charge in [0.2, 0.25) is 10.0 Å². The van der Waals surface area contributed by atoms with Crippen LogP contribution >= 0.6 is 23.2 Å². The SMILES string of the molecule is O=C(OCCOc1ccc(Cl)cc1Cl)c1ccc(S(=O)(=O)N2CCCC2)cc1. The largest absolute Gasteiger partial charge is 0.488 e. The minimum absolute atomic E-state index is 0.0195. The minimum Gasteiger partial charge on any atom is -0.488 e. The molecule has 3 rings (SSSR count). The standard InChI is InChI=1S/C19H19Cl2NO5S/c20-15-5-8-18(17(21)13-15)26-11-12-27-19(23)14-3-6-16(7-4-14)28(24,25)22-9-1-2-10-22/h3-8,13H,1-2,9-12H2. The predicted octanol–water partition coefficient (Wildman–Crippen LogP) is 4.01. The van der Waals surface area contributed by atoms with E-state index in [1.165, 1.54) is 28.6 Å². The molecule has 6 nitrogen and oxygen atoms in total. The number of nitrogens with zero attached hydrogens (tertiary/aromatic N) is 1. The Balaban J connectivity index is 1.52. The fourth-order valence-electron chi connectivity index (χ4n) is 2.80. The van der Waals surface area contributed by atoms with Gasteiger partial charge in [0.05, 0.1) is 15.5 Å². The molecule has 2 aromatic carbocycles. The van der Waals surface area contributed by atoms with E-state index in [9.17, 15) is 13.2 Å². The van der Waals surface area contributed by atoms with Crippen molar-refractivity contribution in [3.63, 3.8) is 0 Å². The van der Waals surface area contributed by atoms with E-state index in [2.05, 4.69) is 0 Å². The molecule has 0 saturated carbocycles. The van der Waals surface area contributed by atoms with Crippen LogP contribution in [0.5, 0.6) is 5.75 Å². The van der Waals surface area contributed by atoms with Crippen molar-refractivity contribution in [3.05, 3.63) is 58.1 Å². The molecular weight excluding hydrogens is 425 g/mol. The molecule has 1 aliphatic heterocycles. The van der Waals surface area contributed by atoms with Crippen molar-refractivity contribution in [3.8, 4) is 5.75 Å². The highest BCUT2D eigenvalue weighted by Crippen LogP contribution is 2.27. The molecule has 1 aliphatic rings. The fraction of sp³-hybridized carbons (Fsp3) is 0.316. The van der Waals surface area contributed by atoms with Crippen molar-refractivity contribution in [2.45, 2.75) is 17.7 Å². The van der Waals surface area contributed by atoms with Gasteiger partial charge in [0, 0.05) is 18.1 Å². The van der Waals surface area contributed by atoms with Crippen molar-refractivity contribution in [2.75, 3.05) is 26.3 Å². The highest BCUT2D eigenvalue weighted by molar-refractivity contribution is 7.89.